The summed E-state index contributed by atoms with van der Waals surface area (Å²) in [6, 6.07) is 4.55. The lowest BCUT2D eigenvalue weighted by atomic mass is 10.1. The van der Waals surface area contributed by atoms with Crippen LogP contribution in [0.2, 0.25) is 0 Å². The lowest BCUT2D eigenvalue weighted by Gasteiger charge is -1.95. The van der Waals surface area contributed by atoms with Crippen molar-refractivity contribution in [3.05, 3.63) is 35.0 Å². The maximum absolute atomic E-state index is 12.9. The number of amides is 1. The molecule has 4 heteroatoms. The van der Waals surface area contributed by atoms with Gasteiger partial charge in [-0.05, 0) is 34.5 Å². The molecule has 14 heavy (non-hydrogen) atoms. The molecule has 0 radical (unpaired) electrons. The number of hydrogen-bond donors (Lipinski definition) is 1. The number of thiophene rings is 1. The molecule has 0 fully saturated rings. The largest absolute Gasteiger partial charge is 0.369 e. The van der Waals surface area contributed by atoms with Crippen LogP contribution in [0.5, 0.6) is 0 Å². The molecule has 1 aromatic heterocycles. The molecule has 1 heterocycles. The van der Waals surface area contributed by atoms with Crippen molar-refractivity contribution in [2.75, 3.05) is 0 Å². The van der Waals surface area contributed by atoms with Crippen molar-refractivity contribution in [1.82, 2.24) is 0 Å². The molecule has 1 aromatic carbocycles. The van der Waals surface area contributed by atoms with Gasteiger partial charge in [-0.2, -0.15) is 0 Å². The van der Waals surface area contributed by atoms with Gasteiger partial charge >= 0.3 is 0 Å². The van der Waals surface area contributed by atoms with E-state index in [0.717, 1.165) is 15.6 Å². The monoisotopic (exact) mass is 209 g/mol. The second kappa shape index (κ2) is 3.38. The van der Waals surface area contributed by atoms with E-state index in [4.69, 9.17) is 5.73 Å². The smallest absolute Gasteiger partial charge is 0.221 e. The van der Waals surface area contributed by atoms with Crippen molar-refractivity contribution in [2.45, 2.75) is 6.42 Å². The molecule has 2 aromatic rings. The van der Waals surface area contributed by atoms with Crippen LogP contribution >= 0.6 is 11.3 Å². The quantitative estimate of drug-likeness (QED) is 0.808. The number of fused-ring (bicyclic) bond motifs is 1. The van der Waals surface area contributed by atoms with Gasteiger partial charge in [-0.3, -0.25) is 4.79 Å². The number of rotatable bonds is 2. The van der Waals surface area contributed by atoms with E-state index < -0.39 is 5.91 Å². The minimum Gasteiger partial charge on any atom is -0.369 e. The minimum atomic E-state index is -0.394. The fourth-order valence-electron chi connectivity index (χ4n) is 1.38. The van der Waals surface area contributed by atoms with E-state index in [2.05, 4.69) is 0 Å². The molecule has 0 unspecified atom stereocenters. The summed E-state index contributed by atoms with van der Waals surface area (Å²) in [5, 5.41) is 2.63. The first-order valence-electron chi connectivity index (χ1n) is 4.11. The molecule has 0 bridgehead atoms. The Balaban J connectivity index is 2.55. The molecule has 2 nitrogen and oxygen atoms in total. The lowest BCUT2D eigenvalue weighted by molar-refractivity contribution is -0.117. The lowest BCUT2D eigenvalue weighted by Crippen LogP contribution is -2.13. The maximum atomic E-state index is 12.9. The first kappa shape index (κ1) is 9.15. The molecule has 1 amide bonds. The van der Waals surface area contributed by atoms with Crippen LogP contribution in [-0.2, 0) is 11.2 Å². The molecule has 0 saturated heterocycles. The van der Waals surface area contributed by atoms with Gasteiger partial charge in [-0.1, -0.05) is 0 Å². The van der Waals surface area contributed by atoms with E-state index >= 15 is 0 Å². The van der Waals surface area contributed by atoms with Crippen LogP contribution in [0.25, 0.3) is 10.1 Å². The Labute approximate surface area is 84.2 Å². The third kappa shape index (κ3) is 1.61. The molecular weight excluding hydrogens is 201 g/mol. The predicted molar refractivity (Wildman–Crippen MR) is 54.7 cm³/mol. The van der Waals surface area contributed by atoms with E-state index in [9.17, 15) is 9.18 Å². The van der Waals surface area contributed by atoms with Gasteiger partial charge in [0.25, 0.3) is 0 Å². The number of benzene rings is 1. The van der Waals surface area contributed by atoms with Gasteiger partial charge in [-0.25, -0.2) is 4.39 Å². The Morgan fingerprint density at radius 2 is 2.29 bits per heavy atom. The predicted octanol–water partition coefficient (Wildman–Crippen LogP) is 2.07. The van der Waals surface area contributed by atoms with Crippen LogP contribution in [0.1, 0.15) is 5.56 Å². The highest BCUT2D eigenvalue weighted by Gasteiger charge is 2.07. The number of hydrogen-bond acceptors (Lipinski definition) is 2. The highest BCUT2D eigenvalue weighted by Crippen LogP contribution is 2.26. The van der Waals surface area contributed by atoms with Gasteiger partial charge in [0.2, 0.25) is 5.91 Å². The molecule has 0 atom stereocenters. The number of nitrogens with two attached hydrogens (primary N) is 1. The van der Waals surface area contributed by atoms with Crippen molar-refractivity contribution < 1.29 is 9.18 Å². The van der Waals surface area contributed by atoms with E-state index in [1.807, 2.05) is 5.38 Å². The molecule has 2 N–H and O–H groups in total. The van der Waals surface area contributed by atoms with Gasteiger partial charge in [0.1, 0.15) is 5.82 Å². The van der Waals surface area contributed by atoms with Crippen LogP contribution in [0, 0.1) is 5.82 Å². The minimum absolute atomic E-state index is 0.170. The Morgan fingerprint density at radius 3 is 3.00 bits per heavy atom. The van der Waals surface area contributed by atoms with Gasteiger partial charge in [0.05, 0.1) is 6.42 Å². The van der Waals surface area contributed by atoms with E-state index in [1.54, 1.807) is 6.07 Å². The van der Waals surface area contributed by atoms with Crippen molar-refractivity contribution in [2.24, 2.45) is 5.73 Å². The molecule has 0 spiro atoms. The van der Waals surface area contributed by atoms with Gasteiger partial charge in [0.15, 0.2) is 0 Å². The van der Waals surface area contributed by atoms with E-state index in [-0.39, 0.29) is 12.2 Å². The molecule has 0 saturated carbocycles. The molecule has 72 valence electrons. The fourth-order valence-corrected chi connectivity index (χ4v) is 2.32. The maximum Gasteiger partial charge on any atom is 0.221 e. The first-order valence-corrected chi connectivity index (χ1v) is 4.99. The highest BCUT2D eigenvalue weighted by atomic mass is 32.1. The van der Waals surface area contributed by atoms with Gasteiger partial charge in [-0.15, -0.1) is 11.3 Å². The molecular formula is C10H8FNOS. The summed E-state index contributed by atoms with van der Waals surface area (Å²) >= 11 is 1.49. The van der Waals surface area contributed by atoms with E-state index in [1.165, 1.54) is 23.5 Å². The Hall–Kier alpha value is -1.42. The van der Waals surface area contributed by atoms with Crippen molar-refractivity contribution in [1.29, 1.82) is 0 Å². The summed E-state index contributed by atoms with van der Waals surface area (Å²) in [6.07, 6.45) is 0.170. The van der Waals surface area contributed by atoms with Gasteiger partial charge < -0.3 is 5.73 Å². The van der Waals surface area contributed by atoms with Crippen molar-refractivity contribution in [3.8, 4) is 0 Å². The van der Waals surface area contributed by atoms with Crippen LogP contribution < -0.4 is 5.73 Å². The summed E-state index contributed by atoms with van der Waals surface area (Å²) in [7, 11) is 0. The van der Waals surface area contributed by atoms with E-state index in [0.29, 0.717) is 0 Å². The highest BCUT2D eigenvalue weighted by molar-refractivity contribution is 7.17. The third-order valence-electron chi connectivity index (χ3n) is 1.98. The van der Waals surface area contributed by atoms with Crippen LogP contribution in [0.4, 0.5) is 4.39 Å². The number of carbonyl (C=O) groups is 1. The Bertz CT molecular complexity index is 492. The summed E-state index contributed by atoms with van der Waals surface area (Å²) < 4.78 is 13.9. The zero-order valence-electron chi connectivity index (χ0n) is 7.29. The van der Waals surface area contributed by atoms with Crippen molar-refractivity contribution in [3.63, 3.8) is 0 Å². The number of carbonyl (C=O) groups excluding carboxylic acids is 1. The number of halogens is 1. The molecule has 0 aliphatic carbocycles. The summed E-state index contributed by atoms with van der Waals surface area (Å²) in [5.74, 6) is -0.685. The topological polar surface area (TPSA) is 43.1 Å². The van der Waals surface area contributed by atoms with Crippen LogP contribution in [-0.4, -0.2) is 5.91 Å². The Morgan fingerprint density at radius 1 is 1.50 bits per heavy atom. The molecule has 0 aliphatic heterocycles. The standard InChI is InChI=1S/C10H8FNOS/c11-7-1-2-9-8(4-7)6(5-14-9)3-10(12)13/h1-2,4-5H,3H2,(H2,12,13). The summed E-state index contributed by atoms with van der Waals surface area (Å²) in [5.41, 5.74) is 5.89. The van der Waals surface area contributed by atoms with Gasteiger partial charge in [0, 0.05) is 4.70 Å². The summed E-state index contributed by atoms with van der Waals surface area (Å²) in [4.78, 5) is 10.7. The van der Waals surface area contributed by atoms with Crippen LogP contribution in [0.15, 0.2) is 23.6 Å². The number of primary amides is 1. The van der Waals surface area contributed by atoms with Crippen molar-refractivity contribution >= 4 is 27.3 Å². The second-order valence-electron chi connectivity index (χ2n) is 3.04. The average Bonchev–Trinajstić information content (AvgIpc) is 2.47. The SMILES string of the molecule is NC(=O)Cc1csc2ccc(F)cc12. The third-order valence-corrected chi connectivity index (χ3v) is 2.99. The second-order valence-corrected chi connectivity index (χ2v) is 3.96. The summed E-state index contributed by atoms with van der Waals surface area (Å²) in [6.45, 7) is 0. The fraction of sp³-hybridized carbons (Fsp3) is 0.100. The zero-order valence-corrected chi connectivity index (χ0v) is 8.10. The molecule has 2 rings (SSSR count). The molecule has 0 aliphatic rings. The average molecular weight is 209 g/mol. The zero-order chi connectivity index (χ0) is 10.1. The van der Waals surface area contributed by atoms with Crippen LogP contribution in [0.3, 0.4) is 0 Å². The Kier molecular flexibility index (Phi) is 2.21. The first-order chi connectivity index (χ1) is 6.66. The normalized spacial score (nSPS) is 10.6.